The zero-order chi connectivity index (χ0) is 47.8. The molecule has 3 atom stereocenters. The van der Waals surface area contributed by atoms with E-state index in [4.69, 9.17) is 26.9 Å². The first-order chi connectivity index (χ1) is 34.0. The number of benzene rings is 3. The number of piperazine rings is 2. The van der Waals surface area contributed by atoms with Gasteiger partial charge in [-0.1, -0.05) is 12.0 Å². The van der Waals surface area contributed by atoms with Gasteiger partial charge < -0.3 is 35.4 Å². The highest BCUT2D eigenvalue weighted by molar-refractivity contribution is 6.06. The highest BCUT2D eigenvalue weighted by Gasteiger charge is 2.46. The van der Waals surface area contributed by atoms with E-state index in [0.717, 1.165) is 115 Å². The standard InChI is InChI=1S/C53H57F2N11O4/c1-2-38-42(54)8-3-32-21-34(56)23-40(45(32)38)47-46(55)48-41(24-57-47)49(65-27-35-4-5-36(28-65)58-35)61-52(60-48)70-30-53(13-14-53)29-63-15-11-31(12-16-63)25-62-17-19-64(20-18-62)37-6-7-39-33(22-37)26-66(51(39)69)43-9-10-44(67)59-50(43)68/h1,3,6-8,21-24,31,35-36,43,58H,4-5,9-20,25-30,56H2,(H,59,67,68)/t35?,36?,43-/m0/s1. The fourth-order valence-electron chi connectivity index (χ4n) is 12.1. The summed E-state index contributed by atoms with van der Waals surface area (Å²) in [7, 11) is 0. The van der Waals surface area contributed by atoms with Gasteiger partial charge in [0.1, 0.15) is 28.9 Å². The van der Waals surface area contributed by atoms with Gasteiger partial charge in [-0.05, 0) is 111 Å². The molecule has 8 heterocycles. The third-order valence-electron chi connectivity index (χ3n) is 16.1. The van der Waals surface area contributed by atoms with Crippen molar-refractivity contribution in [3.05, 3.63) is 77.0 Å². The first-order valence-electron chi connectivity index (χ1n) is 24.9. The number of hydrogen-bond donors (Lipinski definition) is 3. The van der Waals surface area contributed by atoms with Crippen molar-refractivity contribution in [3.63, 3.8) is 0 Å². The molecule has 17 heteroatoms. The summed E-state index contributed by atoms with van der Waals surface area (Å²) >= 11 is 0. The molecule has 2 aromatic heterocycles. The second kappa shape index (κ2) is 17.7. The molecule has 6 aliphatic heterocycles. The molecule has 362 valence electrons. The highest BCUT2D eigenvalue weighted by atomic mass is 19.1. The molecule has 5 aromatic rings. The Balaban J connectivity index is 0.684. The number of nitrogens with one attached hydrogen (secondary N) is 2. The molecule has 0 spiro atoms. The van der Waals surface area contributed by atoms with Gasteiger partial charge in [0.2, 0.25) is 11.8 Å². The number of nitrogens with two attached hydrogens (primary N) is 1. The van der Waals surface area contributed by atoms with E-state index in [1.165, 1.54) is 6.07 Å². The number of nitrogen functional groups attached to an aromatic ring is 1. The van der Waals surface area contributed by atoms with E-state index < -0.39 is 23.6 Å². The van der Waals surface area contributed by atoms with Gasteiger partial charge >= 0.3 is 6.01 Å². The SMILES string of the molecule is C#Cc1c(F)ccc2cc(N)cc(-c3ncc4c(N5CC6CCC(C5)N6)nc(OCC5(CN6CCC(CN7CCN(c8ccc9c(c8)CN([C@H]8CCC(=O)NC8=O)C9=O)CC7)CC6)CC5)nc4c3F)c12. The van der Waals surface area contributed by atoms with Crippen LogP contribution in [0.2, 0.25) is 0 Å². The summed E-state index contributed by atoms with van der Waals surface area (Å²) < 4.78 is 38.8. The van der Waals surface area contributed by atoms with Gasteiger partial charge in [-0.2, -0.15) is 9.97 Å². The Morgan fingerprint density at radius 3 is 2.40 bits per heavy atom. The molecular weight excluding hydrogens is 893 g/mol. The van der Waals surface area contributed by atoms with Gasteiger partial charge in [0, 0.05) is 117 Å². The molecule has 15 nitrogen and oxygen atoms in total. The molecule has 3 amide bonds. The van der Waals surface area contributed by atoms with Crippen LogP contribution in [0.1, 0.15) is 72.9 Å². The largest absolute Gasteiger partial charge is 0.463 e. The Morgan fingerprint density at radius 2 is 1.66 bits per heavy atom. The van der Waals surface area contributed by atoms with E-state index in [9.17, 15) is 14.4 Å². The smallest absolute Gasteiger partial charge is 0.319 e. The van der Waals surface area contributed by atoms with Crippen molar-refractivity contribution in [2.24, 2.45) is 11.3 Å². The molecule has 1 aliphatic carbocycles. The number of ether oxygens (including phenoxy) is 1. The summed E-state index contributed by atoms with van der Waals surface area (Å²) in [5.41, 5.74) is 9.69. The molecule has 4 N–H and O–H groups in total. The van der Waals surface area contributed by atoms with E-state index in [1.807, 2.05) is 12.1 Å². The number of pyridine rings is 1. The highest BCUT2D eigenvalue weighted by Crippen LogP contribution is 2.47. The number of likely N-dealkylation sites (tertiary alicyclic amines) is 1. The van der Waals surface area contributed by atoms with Crippen LogP contribution in [0.4, 0.5) is 26.0 Å². The fraction of sp³-hybridized carbons (Fsp3) is 0.472. The van der Waals surface area contributed by atoms with Gasteiger partial charge in [-0.15, -0.1) is 6.42 Å². The quantitative estimate of drug-likeness (QED) is 0.0914. The average Bonchev–Trinajstić information content (AvgIpc) is 3.94. The van der Waals surface area contributed by atoms with Crippen LogP contribution in [0.5, 0.6) is 6.01 Å². The predicted molar refractivity (Wildman–Crippen MR) is 262 cm³/mol. The molecule has 6 fully saturated rings. The zero-order valence-corrected chi connectivity index (χ0v) is 39.2. The summed E-state index contributed by atoms with van der Waals surface area (Å²) in [5, 5.41) is 7.49. The molecule has 1 saturated carbocycles. The first kappa shape index (κ1) is 44.7. The number of fused-ring (bicyclic) bond motifs is 5. The number of rotatable bonds is 11. The Kier molecular flexibility index (Phi) is 11.3. The number of nitrogens with zero attached hydrogens (tertiary/aromatic N) is 8. The van der Waals surface area contributed by atoms with Crippen molar-refractivity contribution < 1.29 is 27.9 Å². The number of piperidine rings is 2. The number of terminal acetylenes is 1. The van der Waals surface area contributed by atoms with Gasteiger partial charge in [0.15, 0.2) is 5.82 Å². The molecule has 0 radical (unpaired) electrons. The van der Waals surface area contributed by atoms with Crippen molar-refractivity contribution in [2.75, 3.05) is 87.6 Å². The summed E-state index contributed by atoms with van der Waals surface area (Å²) in [4.78, 5) is 63.2. The maximum Gasteiger partial charge on any atom is 0.319 e. The van der Waals surface area contributed by atoms with Gasteiger partial charge in [0.25, 0.3) is 5.91 Å². The molecule has 2 unspecified atom stereocenters. The lowest BCUT2D eigenvalue weighted by molar-refractivity contribution is -0.136. The minimum Gasteiger partial charge on any atom is -0.463 e. The van der Waals surface area contributed by atoms with Crippen molar-refractivity contribution in [3.8, 4) is 29.6 Å². The number of amides is 3. The molecule has 7 aliphatic rings. The van der Waals surface area contributed by atoms with Crippen molar-refractivity contribution >= 4 is 56.6 Å². The van der Waals surface area contributed by atoms with Gasteiger partial charge in [-0.25, -0.2) is 8.78 Å². The summed E-state index contributed by atoms with van der Waals surface area (Å²) in [6.07, 6.45) is 14.5. The van der Waals surface area contributed by atoms with Crippen LogP contribution in [0.3, 0.4) is 0 Å². The summed E-state index contributed by atoms with van der Waals surface area (Å²) in [5.74, 6) is 1.60. The molecule has 3 aromatic carbocycles. The summed E-state index contributed by atoms with van der Waals surface area (Å²) in [6, 6.07) is 12.3. The Hall–Kier alpha value is -6.48. The molecule has 5 saturated heterocycles. The molecule has 12 rings (SSSR count). The van der Waals surface area contributed by atoms with E-state index in [-0.39, 0.29) is 46.4 Å². The zero-order valence-electron chi connectivity index (χ0n) is 39.2. The van der Waals surface area contributed by atoms with Crippen LogP contribution in [0.25, 0.3) is 32.9 Å². The number of carbonyl (C=O) groups excluding carboxylic acids is 3. The Morgan fingerprint density at radius 1 is 0.871 bits per heavy atom. The van der Waals surface area contributed by atoms with Crippen molar-refractivity contribution in [2.45, 2.75) is 76.0 Å². The third kappa shape index (κ3) is 8.32. The van der Waals surface area contributed by atoms with E-state index in [0.29, 0.717) is 76.4 Å². The molecule has 70 heavy (non-hydrogen) atoms. The number of halogens is 2. The van der Waals surface area contributed by atoms with E-state index >= 15 is 8.78 Å². The topological polar surface area (TPSA) is 165 Å². The second-order valence-corrected chi connectivity index (χ2v) is 20.8. The van der Waals surface area contributed by atoms with Crippen LogP contribution in [-0.4, -0.2) is 138 Å². The van der Waals surface area contributed by atoms with Crippen LogP contribution in [-0.2, 0) is 16.1 Å². The maximum atomic E-state index is 17.2. The maximum absolute atomic E-state index is 17.2. The lowest BCUT2D eigenvalue weighted by Crippen LogP contribution is -2.52. The first-order valence-corrected chi connectivity index (χ1v) is 24.9. The number of anilines is 3. The lowest BCUT2D eigenvalue weighted by Gasteiger charge is -2.40. The summed E-state index contributed by atoms with van der Waals surface area (Å²) in [6.45, 7) is 10.1. The minimum absolute atomic E-state index is 0.0177. The number of imide groups is 1. The van der Waals surface area contributed by atoms with E-state index in [1.54, 1.807) is 29.3 Å². The van der Waals surface area contributed by atoms with Gasteiger partial charge in [-0.3, -0.25) is 29.6 Å². The van der Waals surface area contributed by atoms with Crippen molar-refractivity contribution in [1.82, 2.24) is 40.3 Å². The molecule has 2 bridgehead atoms. The fourth-order valence-corrected chi connectivity index (χ4v) is 12.1. The Bertz CT molecular complexity index is 2990. The predicted octanol–water partition coefficient (Wildman–Crippen LogP) is 5.08. The van der Waals surface area contributed by atoms with Gasteiger partial charge in [0.05, 0.1) is 17.6 Å². The normalized spacial score (nSPS) is 23.8. The molecular formula is C53H57F2N11O4. The monoisotopic (exact) mass is 949 g/mol. The van der Waals surface area contributed by atoms with Crippen LogP contribution in [0.15, 0.2) is 48.7 Å². The third-order valence-corrected chi connectivity index (χ3v) is 16.1. The minimum atomic E-state index is -0.673. The Labute approximate surface area is 405 Å². The second-order valence-electron chi connectivity index (χ2n) is 20.8. The average molecular weight is 950 g/mol. The van der Waals surface area contributed by atoms with Crippen LogP contribution in [0, 0.1) is 35.3 Å². The lowest BCUT2D eigenvalue weighted by atomic mass is 9.94. The number of hydrogen-bond acceptors (Lipinski definition) is 13. The van der Waals surface area contributed by atoms with Crippen LogP contribution >= 0.6 is 0 Å². The van der Waals surface area contributed by atoms with Crippen LogP contribution < -0.4 is 30.9 Å². The van der Waals surface area contributed by atoms with Crippen molar-refractivity contribution in [1.29, 1.82) is 0 Å². The number of aromatic nitrogens is 3. The number of carbonyl (C=O) groups is 3. The van der Waals surface area contributed by atoms with E-state index in [2.05, 4.69) is 47.2 Å².